The summed E-state index contributed by atoms with van der Waals surface area (Å²) in [6, 6.07) is 0. The molecule has 4 heteroatoms. The van der Waals surface area contributed by atoms with E-state index in [1.807, 2.05) is 36.5 Å². The molecule has 27 heavy (non-hydrogen) atoms. The molecule has 0 aliphatic heterocycles. The fourth-order valence-corrected chi connectivity index (χ4v) is 17.2. The molecule has 1 aliphatic rings. The predicted octanol–water partition coefficient (Wildman–Crippen LogP) is 4.75. The van der Waals surface area contributed by atoms with Crippen LogP contribution >= 0.6 is 0 Å². The molecule has 0 aromatic heterocycles. The van der Waals surface area contributed by atoms with Gasteiger partial charge in [-0.1, -0.05) is 0 Å². The Kier molecular flexibility index (Phi) is 11.4. The van der Waals surface area contributed by atoms with E-state index < -0.39 is 21.1 Å². The Morgan fingerprint density at radius 3 is 1.22 bits per heavy atom. The molecular formula is C23H35N3Zr. The van der Waals surface area contributed by atoms with E-state index in [4.69, 9.17) is 0 Å². The van der Waals surface area contributed by atoms with Gasteiger partial charge in [0.25, 0.3) is 0 Å². The van der Waals surface area contributed by atoms with E-state index in [0.29, 0.717) is 0 Å². The second-order valence-electron chi connectivity index (χ2n) is 6.41. The minimum atomic E-state index is -3.54. The van der Waals surface area contributed by atoms with Gasteiger partial charge in [-0.2, -0.15) is 0 Å². The molecule has 0 radical (unpaired) electrons. The molecular weight excluding hydrogens is 409 g/mol. The van der Waals surface area contributed by atoms with Crippen molar-refractivity contribution in [1.29, 1.82) is 0 Å². The average Bonchev–Trinajstić information content (AvgIpc) is 3.18. The first-order valence-electron chi connectivity index (χ1n) is 9.43. The summed E-state index contributed by atoms with van der Waals surface area (Å²) in [5.41, 5.74) is 0. The SMILES string of the molecule is C=CC[N](CC=C)[Zr]([C]1=CC=CC1)([N](CC=C)CC=C)[N](CC=C)CC=C. The topological polar surface area (TPSA) is 9.72 Å². The summed E-state index contributed by atoms with van der Waals surface area (Å²) < 4.78 is 9.33. The second-order valence-corrected chi connectivity index (χ2v) is 15.8. The van der Waals surface area contributed by atoms with Crippen molar-refractivity contribution in [2.24, 2.45) is 0 Å². The van der Waals surface area contributed by atoms with Gasteiger partial charge in [-0.05, 0) is 0 Å². The van der Waals surface area contributed by atoms with Crippen molar-refractivity contribution in [2.45, 2.75) is 6.42 Å². The van der Waals surface area contributed by atoms with Gasteiger partial charge in [0.2, 0.25) is 0 Å². The summed E-state index contributed by atoms with van der Waals surface area (Å²) >= 11 is -3.54. The Morgan fingerprint density at radius 1 is 0.667 bits per heavy atom. The summed E-state index contributed by atoms with van der Waals surface area (Å²) in [4.78, 5) is 0. The van der Waals surface area contributed by atoms with Crippen molar-refractivity contribution in [3.8, 4) is 0 Å². The standard InChI is InChI=1S/3C6H10N.C5H5.Zr/c3*1-3-5-7-6-4-2;1-2-4-5-3-1;/h3*3-4H,1-2,5-6H2;1-3H,4H2;/q3*-1;;+3. The molecule has 3 nitrogen and oxygen atoms in total. The maximum atomic E-state index is 4.03. The van der Waals surface area contributed by atoms with Gasteiger partial charge in [0.1, 0.15) is 0 Å². The summed E-state index contributed by atoms with van der Waals surface area (Å²) in [5, 5.41) is 0. The van der Waals surface area contributed by atoms with Gasteiger partial charge in [-0.3, -0.25) is 0 Å². The number of allylic oxidation sites excluding steroid dienone is 4. The van der Waals surface area contributed by atoms with E-state index in [9.17, 15) is 0 Å². The van der Waals surface area contributed by atoms with E-state index in [1.54, 1.807) is 0 Å². The van der Waals surface area contributed by atoms with Crippen LogP contribution in [0.2, 0.25) is 0 Å². The summed E-state index contributed by atoms with van der Waals surface area (Å²) in [7, 11) is 0. The van der Waals surface area contributed by atoms with Crippen LogP contribution in [0.1, 0.15) is 6.42 Å². The normalized spacial score (nSPS) is 13.7. The summed E-state index contributed by atoms with van der Waals surface area (Å²) in [6.45, 7) is 29.1. The Bertz CT molecular complexity index is 513. The maximum absolute atomic E-state index is 4.03. The van der Waals surface area contributed by atoms with E-state index in [1.165, 1.54) is 3.28 Å². The van der Waals surface area contributed by atoms with Gasteiger partial charge in [0, 0.05) is 0 Å². The Labute approximate surface area is 172 Å². The number of hydrogen-bond donors (Lipinski definition) is 0. The van der Waals surface area contributed by atoms with Crippen molar-refractivity contribution in [2.75, 3.05) is 39.3 Å². The van der Waals surface area contributed by atoms with Crippen LogP contribution in [-0.4, -0.2) is 47.8 Å². The van der Waals surface area contributed by atoms with E-state index in [2.05, 4.69) is 66.2 Å². The third-order valence-corrected chi connectivity index (χ3v) is 16.8. The van der Waals surface area contributed by atoms with Gasteiger partial charge < -0.3 is 0 Å². The molecule has 0 atom stereocenters. The van der Waals surface area contributed by atoms with E-state index in [-0.39, 0.29) is 0 Å². The molecule has 0 N–H and O–H groups in total. The molecule has 0 saturated heterocycles. The minimum absolute atomic E-state index is 0.814. The van der Waals surface area contributed by atoms with Crippen LogP contribution in [0.15, 0.2) is 97.4 Å². The van der Waals surface area contributed by atoms with Gasteiger partial charge in [-0.25, -0.2) is 0 Å². The van der Waals surface area contributed by atoms with Crippen LogP contribution in [0.5, 0.6) is 0 Å². The third kappa shape index (κ3) is 5.59. The van der Waals surface area contributed by atoms with Gasteiger partial charge in [0.05, 0.1) is 0 Å². The predicted molar refractivity (Wildman–Crippen MR) is 118 cm³/mol. The van der Waals surface area contributed by atoms with Crippen LogP contribution in [0, 0.1) is 0 Å². The van der Waals surface area contributed by atoms with Crippen LogP contribution in [0.3, 0.4) is 0 Å². The average molecular weight is 445 g/mol. The molecule has 0 aromatic carbocycles. The molecule has 146 valence electrons. The van der Waals surface area contributed by atoms with Gasteiger partial charge in [-0.15, -0.1) is 0 Å². The number of rotatable bonds is 16. The zero-order valence-electron chi connectivity index (χ0n) is 16.7. The first-order valence-corrected chi connectivity index (χ1v) is 14.0. The van der Waals surface area contributed by atoms with E-state index in [0.717, 1.165) is 45.7 Å². The molecule has 0 unspecified atom stereocenters. The van der Waals surface area contributed by atoms with Crippen LogP contribution < -0.4 is 0 Å². The van der Waals surface area contributed by atoms with Crippen molar-refractivity contribution >= 4 is 0 Å². The fourth-order valence-electron chi connectivity index (χ4n) is 3.83. The fraction of sp³-hybridized carbons (Fsp3) is 0.304. The van der Waals surface area contributed by atoms with Crippen molar-refractivity contribution in [3.63, 3.8) is 0 Å². The molecule has 0 bridgehead atoms. The first-order chi connectivity index (χ1) is 13.2. The first kappa shape index (κ1) is 23.7. The summed E-state index contributed by atoms with van der Waals surface area (Å²) in [5.74, 6) is 0. The van der Waals surface area contributed by atoms with Gasteiger partial charge >= 0.3 is 173 Å². The zero-order valence-corrected chi connectivity index (χ0v) is 19.2. The molecule has 0 fully saturated rings. The third-order valence-electron chi connectivity index (χ3n) is 4.62. The molecule has 0 spiro atoms. The number of hydrogen-bond acceptors (Lipinski definition) is 3. The Morgan fingerprint density at radius 2 is 1.00 bits per heavy atom. The Hall–Kier alpha value is -1.32. The van der Waals surface area contributed by atoms with Crippen molar-refractivity contribution < 1.29 is 21.1 Å². The molecule has 0 saturated carbocycles. The molecule has 0 amide bonds. The van der Waals surface area contributed by atoms with Crippen LogP contribution in [-0.2, 0) is 21.1 Å². The van der Waals surface area contributed by atoms with Gasteiger partial charge in [0.15, 0.2) is 0 Å². The van der Waals surface area contributed by atoms with Crippen molar-refractivity contribution in [1.82, 2.24) is 8.53 Å². The zero-order chi connectivity index (χ0) is 20.1. The van der Waals surface area contributed by atoms with E-state index >= 15 is 0 Å². The molecule has 0 aromatic rings. The quantitative estimate of drug-likeness (QED) is 0.318. The molecule has 1 rings (SSSR count). The second kappa shape index (κ2) is 13.0. The Balaban J connectivity index is 3.75. The monoisotopic (exact) mass is 443 g/mol. The molecule has 1 aliphatic carbocycles. The summed E-state index contributed by atoms with van der Waals surface area (Å²) in [6.07, 6.45) is 19.7. The number of nitrogens with zero attached hydrogens (tertiary/aromatic N) is 3. The van der Waals surface area contributed by atoms with Crippen LogP contribution in [0.4, 0.5) is 0 Å². The van der Waals surface area contributed by atoms with Crippen LogP contribution in [0.25, 0.3) is 0 Å². The van der Waals surface area contributed by atoms with Crippen molar-refractivity contribution in [3.05, 3.63) is 97.4 Å². The molecule has 0 heterocycles.